The molecule has 1 saturated heterocycles. The number of rotatable bonds is 8. The summed E-state index contributed by atoms with van der Waals surface area (Å²) in [7, 11) is -3.89. The van der Waals surface area contributed by atoms with E-state index in [1.165, 1.54) is 16.7 Å². The highest BCUT2D eigenvalue weighted by Gasteiger charge is 2.35. The molecule has 0 radical (unpaired) electrons. The van der Waals surface area contributed by atoms with Gasteiger partial charge in [-0.25, -0.2) is 22.8 Å². The van der Waals surface area contributed by atoms with Crippen molar-refractivity contribution in [2.75, 3.05) is 18.8 Å². The fraction of sp³-hybridized carbons (Fsp3) is 0.421. The Morgan fingerprint density at radius 3 is 2.58 bits per heavy atom. The second kappa shape index (κ2) is 10.2. The monoisotopic (exact) mass is 508 g/mol. The molecule has 3 rings (SSSR count). The molecule has 14 heteroatoms. The van der Waals surface area contributed by atoms with E-state index >= 15 is 0 Å². The first-order valence-electron chi connectivity index (χ1n) is 9.71. The zero-order valence-electron chi connectivity index (χ0n) is 17.0. The molecule has 0 bridgehead atoms. The highest BCUT2D eigenvalue weighted by molar-refractivity contribution is 7.89. The molecule has 0 aliphatic carbocycles. The maximum absolute atomic E-state index is 12.9. The van der Waals surface area contributed by atoms with Crippen molar-refractivity contribution in [3.05, 3.63) is 52.9 Å². The third kappa shape index (κ3) is 6.31. The van der Waals surface area contributed by atoms with Crippen LogP contribution in [0.4, 0.5) is 13.2 Å². The number of halogens is 4. The van der Waals surface area contributed by atoms with Crippen molar-refractivity contribution in [3.8, 4) is 5.88 Å². The first-order valence-corrected chi connectivity index (χ1v) is 11.7. The molecule has 0 spiro atoms. The predicted octanol–water partition coefficient (Wildman–Crippen LogP) is 2.91. The zero-order chi connectivity index (χ0) is 24.2. The SMILES string of the molecule is O=CN(O)C(CS(=O)(=O)N1CCC(Oc2ncc(C(F)(F)F)cc2Cl)CC1)c1cccnc1. The van der Waals surface area contributed by atoms with Gasteiger partial charge in [-0.2, -0.15) is 13.2 Å². The number of hydrogen-bond acceptors (Lipinski definition) is 7. The van der Waals surface area contributed by atoms with E-state index in [1.54, 1.807) is 12.1 Å². The highest BCUT2D eigenvalue weighted by atomic mass is 35.5. The number of alkyl halides is 3. The minimum Gasteiger partial charge on any atom is -0.473 e. The van der Waals surface area contributed by atoms with Crippen molar-refractivity contribution in [1.82, 2.24) is 19.3 Å². The van der Waals surface area contributed by atoms with Gasteiger partial charge < -0.3 is 4.74 Å². The number of pyridine rings is 2. The maximum atomic E-state index is 12.9. The van der Waals surface area contributed by atoms with Crippen LogP contribution in [-0.2, 0) is 21.0 Å². The van der Waals surface area contributed by atoms with Crippen LogP contribution < -0.4 is 4.74 Å². The van der Waals surface area contributed by atoms with Gasteiger partial charge in [-0.05, 0) is 30.5 Å². The lowest BCUT2D eigenvalue weighted by Gasteiger charge is -2.33. The van der Waals surface area contributed by atoms with Gasteiger partial charge >= 0.3 is 6.18 Å². The predicted molar refractivity (Wildman–Crippen MR) is 110 cm³/mol. The van der Waals surface area contributed by atoms with Crippen LogP contribution in [0.5, 0.6) is 5.88 Å². The molecule has 2 aromatic heterocycles. The molecule has 2 aromatic rings. The molecule has 3 heterocycles. The number of aromatic nitrogens is 2. The number of hydrogen-bond donors (Lipinski definition) is 1. The van der Waals surface area contributed by atoms with Crippen molar-refractivity contribution >= 4 is 28.0 Å². The Balaban J connectivity index is 1.63. The minimum atomic E-state index is -4.59. The lowest BCUT2D eigenvalue weighted by atomic mass is 10.1. The van der Waals surface area contributed by atoms with E-state index in [0.717, 1.165) is 6.07 Å². The summed E-state index contributed by atoms with van der Waals surface area (Å²) in [6.07, 6.45) is -1.04. The average Bonchev–Trinajstić information content (AvgIpc) is 2.78. The first kappa shape index (κ1) is 25.1. The molecule has 180 valence electrons. The van der Waals surface area contributed by atoms with Gasteiger partial charge in [0.2, 0.25) is 22.3 Å². The smallest absolute Gasteiger partial charge is 0.417 e. The summed E-state index contributed by atoms with van der Waals surface area (Å²) in [5.41, 5.74) is -0.658. The Morgan fingerprint density at radius 2 is 2.03 bits per heavy atom. The van der Waals surface area contributed by atoms with Crippen molar-refractivity contribution in [3.63, 3.8) is 0 Å². The number of ether oxygens (including phenoxy) is 1. The van der Waals surface area contributed by atoms with Crippen LogP contribution in [0.1, 0.15) is 30.0 Å². The van der Waals surface area contributed by atoms with Gasteiger partial charge in [0.15, 0.2) is 0 Å². The molecule has 1 amide bonds. The Bertz CT molecular complexity index is 1070. The van der Waals surface area contributed by atoms with Gasteiger partial charge in [0, 0.05) is 31.7 Å². The van der Waals surface area contributed by atoms with E-state index in [0.29, 0.717) is 11.8 Å². The quantitative estimate of drug-likeness (QED) is 0.331. The second-order valence-corrected chi connectivity index (χ2v) is 9.71. The number of carbonyl (C=O) groups excluding carboxylic acids is 1. The van der Waals surface area contributed by atoms with E-state index in [4.69, 9.17) is 16.3 Å². The van der Waals surface area contributed by atoms with Crippen LogP contribution in [0.15, 0.2) is 36.8 Å². The largest absolute Gasteiger partial charge is 0.473 e. The minimum absolute atomic E-state index is 0.0670. The summed E-state index contributed by atoms with van der Waals surface area (Å²) in [6.45, 7) is 0.134. The summed E-state index contributed by atoms with van der Waals surface area (Å²) < 4.78 is 70.8. The molecule has 0 saturated carbocycles. The molecule has 1 aliphatic rings. The highest BCUT2D eigenvalue weighted by Crippen LogP contribution is 2.34. The normalized spacial score (nSPS) is 16.9. The van der Waals surface area contributed by atoms with Crippen molar-refractivity contribution < 1.29 is 36.3 Å². The number of hydroxylamine groups is 2. The average molecular weight is 509 g/mol. The van der Waals surface area contributed by atoms with Gasteiger partial charge in [-0.1, -0.05) is 17.7 Å². The zero-order valence-corrected chi connectivity index (χ0v) is 18.6. The van der Waals surface area contributed by atoms with Crippen LogP contribution in [0.2, 0.25) is 5.02 Å². The van der Waals surface area contributed by atoms with E-state index in [-0.39, 0.29) is 48.3 Å². The molecule has 9 nitrogen and oxygen atoms in total. The van der Waals surface area contributed by atoms with E-state index in [9.17, 15) is 31.6 Å². The van der Waals surface area contributed by atoms with Crippen LogP contribution in [0.3, 0.4) is 0 Å². The number of nitrogens with zero attached hydrogens (tertiary/aromatic N) is 4. The Hall–Kier alpha value is -2.48. The summed E-state index contributed by atoms with van der Waals surface area (Å²) >= 11 is 5.86. The fourth-order valence-electron chi connectivity index (χ4n) is 3.33. The summed E-state index contributed by atoms with van der Waals surface area (Å²) in [5, 5.41) is 9.86. The van der Waals surface area contributed by atoms with E-state index in [2.05, 4.69) is 9.97 Å². The van der Waals surface area contributed by atoms with Gasteiger partial charge in [0.05, 0.1) is 11.3 Å². The first-order chi connectivity index (χ1) is 15.5. The van der Waals surface area contributed by atoms with E-state index < -0.39 is 39.7 Å². The molecule has 1 aliphatic heterocycles. The molecule has 1 atom stereocenters. The van der Waals surface area contributed by atoms with Crippen molar-refractivity contribution in [1.29, 1.82) is 0 Å². The Labute approximate surface area is 192 Å². The van der Waals surface area contributed by atoms with Crippen LogP contribution in [-0.4, -0.2) is 64.3 Å². The van der Waals surface area contributed by atoms with Gasteiger partial charge in [-0.15, -0.1) is 0 Å². The lowest BCUT2D eigenvalue weighted by molar-refractivity contribution is -0.159. The lowest BCUT2D eigenvalue weighted by Crippen LogP contribution is -2.44. The molecule has 0 aromatic carbocycles. The molecule has 1 fully saturated rings. The fourth-order valence-corrected chi connectivity index (χ4v) is 5.26. The topological polar surface area (TPSA) is 113 Å². The van der Waals surface area contributed by atoms with Crippen molar-refractivity contribution in [2.24, 2.45) is 0 Å². The molecule has 1 unspecified atom stereocenters. The van der Waals surface area contributed by atoms with Crippen LogP contribution in [0.25, 0.3) is 0 Å². The number of sulfonamides is 1. The Morgan fingerprint density at radius 1 is 1.33 bits per heavy atom. The number of carbonyl (C=O) groups is 1. The van der Waals surface area contributed by atoms with Crippen LogP contribution >= 0.6 is 11.6 Å². The molecular formula is C19H20ClF3N4O5S. The third-order valence-corrected chi connectivity index (χ3v) is 7.23. The van der Waals surface area contributed by atoms with Crippen molar-refractivity contribution in [2.45, 2.75) is 31.2 Å². The summed E-state index contributed by atoms with van der Waals surface area (Å²) in [5.74, 6) is -0.726. The van der Waals surface area contributed by atoms with Gasteiger partial charge in [-0.3, -0.25) is 15.0 Å². The molecule has 1 N–H and O–H groups in total. The Kier molecular flexibility index (Phi) is 7.77. The molecular weight excluding hydrogens is 489 g/mol. The van der Waals surface area contributed by atoms with Gasteiger partial charge in [0.25, 0.3) is 0 Å². The summed E-state index contributed by atoms with van der Waals surface area (Å²) in [6, 6.07) is 2.67. The second-order valence-electron chi connectivity index (χ2n) is 7.29. The van der Waals surface area contributed by atoms with Gasteiger partial charge in [0.1, 0.15) is 17.2 Å². The number of amides is 1. The summed E-state index contributed by atoms with van der Waals surface area (Å²) in [4.78, 5) is 18.6. The maximum Gasteiger partial charge on any atom is 0.417 e. The molecule has 33 heavy (non-hydrogen) atoms. The number of piperidine rings is 1. The van der Waals surface area contributed by atoms with E-state index in [1.807, 2.05) is 0 Å². The third-order valence-electron chi connectivity index (χ3n) is 5.07. The standard InChI is InChI=1S/C19H20ClF3N4O5S/c20-16-8-14(19(21,22)23)10-25-18(16)32-15-3-6-26(7-4-15)33(30,31)11-17(27(29)12-28)13-2-1-5-24-9-13/h1-2,5,8-10,12,15,17,29H,3-4,6-7,11H2. The van der Waals surface area contributed by atoms with Crippen LogP contribution in [0, 0.1) is 0 Å².